The Morgan fingerprint density at radius 3 is 2.69 bits per heavy atom. The van der Waals surface area contributed by atoms with Crippen molar-refractivity contribution < 1.29 is 19.4 Å². The summed E-state index contributed by atoms with van der Waals surface area (Å²) in [6.45, 7) is 7.63. The lowest BCUT2D eigenvalue weighted by Crippen LogP contribution is -2.42. The summed E-state index contributed by atoms with van der Waals surface area (Å²) in [4.78, 5) is 25.3. The Labute approximate surface area is 154 Å². The first kappa shape index (κ1) is 18.8. The van der Waals surface area contributed by atoms with Gasteiger partial charge in [-0.05, 0) is 26.7 Å². The van der Waals surface area contributed by atoms with Gasteiger partial charge >= 0.3 is 5.97 Å². The van der Waals surface area contributed by atoms with Crippen LogP contribution in [0.5, 0.6) is 0 Å². The van der Waals surface area contributed by atoms with Crippen LogP contribution < -0.4 is 9.80 Å². The Balaban J connectivity index is 1.97. The van der Waals surface area contributed by atoms with Crippen LogP contribution in [0.25, 0.3) is 0 Å². The van der Waals surface area contributed by atoms with E-state index in [-0.39, 0.29) is 6.10 Å². The Kier molecular flexibility index (Phi) is 5.62. The Hall–Kier alpha value is -1.93. The van der Waals surface area contributed by atoms with Gasteiger partial charge in [-0.3, -0.25) is 4.79 Å². The van der Waals surface area contributed by atoms with E-state index in [9.17, 15) is 9.90 Å². The molecule has 0 saturated carbocycles. The number of carbonyl (C=O) groups is 1. The second-order valence-electron chi connectivity index (χ2n) is 7.38. The maximum Gasteiger partial charge on any atom is 0.313 e. The molecule has 2 aliphatic rings. The minimum Gasteiger partial charge on any atom is -0.481 e. The third-order valence-corrected chi connectivity index (χ3v) is 5.27. The van der Waals surface area contributed by atoms with Crippen LogP contribution in [0.15, 0.2) is 6.20 Å². The average molecular weight is 364 g/mol. The van der Waals surface area contributed by atoms with Gasteiger partial charge in [0.15, 0.2) is 0 Å². The largest absolute Gasteiger partial charge is 0.481 e. The zero-order valence-corrected chi connectivity index (χ0v) is 15.8. The quantitative estimate of drug-likeness (QED) is 0.836. The lowest BCUT2D eigenvalue weighted by Gasteiger charge is -2.35. The average Bonchev–Trinajstić information content (AvgIpc) is 2.68. The normalized spacial score (nSPS) is 21.7. The van der Waals surface area contributed by atoms with E-state index < -0.39 is 11.4 Å². The molecule has 1 aromatic rings. The summed E-state index contributed by atoms with van der Waals surface area (Å²) in [5, 5.41) is 9.68. The number of ether oxygens (including phenoxy) is 2. The lowest BCUT2D eigenvalue weighted by atomic mass is 9.85. The van der Waals surface area contributed by atoms with E-state index in [1.165, 1.54) is 0 Å². The summed E-state index contributed by atoms with van der Waals surface area (Å²) < 4.78 is 10.9. The topological polar surface area (TPSA) is 88.0 Å². The van der Waals surface area contributed by atoms with E-state index in [4.69, 9.17) is 14.5 Å². The van der Waals surface area contributed by atoms with Crippen LogP contribution in [0, 0.1) is 0 Å². The molecule has 2 saturated heterocycles. The molecule has 1 N–H and O–H groups in total. The van der Waals surface area contributed by atoms with Crippen LogP contribution in [0.2, 0.25) is 0 Å². The molecule has 1 atom stereocenters. The van der Waals surface area contributed by atoms with Gasteiger partial charge in [0.25, 0.3) is 0 Å². The van der Waals surface area contributed by atoms with Crippen molar-refractivity contribution in [3.8, 4) is 0 Å². The Morgan fingerprint density at radius 2 is 2.04 bits per heavy atom. The van der Waals surface area contributed by atoms with Gasteiger partial charge < -0.3 is 24.4 Å². The van der Waals surface area contributed by atoms with Gasteiger partial charge in [0.1, 0.15) is 5.82 Å². The summed E-state index contributed by atoms with van der Waals surface area (Å²) in [6.07, 6.45) is 3.91. The molecule has 1 aromatic heterocycles. The highest BCUT2D eigenvalue weighted by Crippen LogP contribution is 2.33. The molecule has 8 heteroatoms. The van der Waals surface area contributed by atoms with Gasteiger partial charge in [-0.25, -0.2) is 4.98 Å². The first-order valence-electron chi connectivity index (χ1n) is 9.15. The van der Waals surface area contributed by atoms with E-state index in [0.717, 1.165) is 25.9 Å². The maximum absolute atomic E-state index is 11.8. The highest BCUT2D eigenvalue weighted by atomic mass is 16.5. The van der Waals surface area contributed by atoms with Crippen molar-refractivity contribution in [1.29, 1.82) is 0 Å². The van der Waals surface area contributed by atoms with Crippen molar-refractivity contribution in [3.63, 3.8) is 0 Å². The third kappa shape index (κ3) is 3.76. The molecule has 26 heavy (non-hydrogen) atoms. The molecule has 0 amide bonds. The number of piperidine rings is 1. The molecular formula is C18H28N4O4. The predicted molar refractivity (Wildman–Crippen MR) is 98.0 cm³/mol. The van der Waals surface area contributed by atoms with Crippen LogP contribution >= 0.6 is 0 Å². The van der Waals surface area contributed by atoms with E-state index in [1.807, 2.05) is 0 Å². The van der Waals surface area contributed by atoms with Crippen LogP contribution in [-0.4, -0.2) is 73.7 Å². The van der Waals surface area contributed by atoms with Crippen molar-refractivity contribution in [1.82, 2.24) is 9.97 Å². The zero-order chi connectivity index (χ0) is 18.7. The minimum absolute atomic E-state index is 0.175. The monoisotopic (exact) mass is 364 g/mol. The molecule has 144 valence electrons. The Bertz CT molecular complexity index is 646. The number of rotatable bonds is 5. The van der Waals surface area contributed by atoms with Crippen molar-refractivity contribution in [2.75, 3.05) is 56.3 Å². The number of carboxylic acid groups (broad SMARTS) is 1. The van der Waals surface area contributed by atoms with E-state index in [1.54, 1.807) is 27.2 Å². The molecule has 3 rings (SSSR count). The highest BCUT2D eigenvalue weighted by molar-refractivity contribution is 5.82. The molecule has 0 spiro atoms. The summed E-state index contributed by atoms with van der Waals surface area (Å²) in [7, 11) is 1.73. The number of nitrogens with zero attached hydrogens (tertiary/aromatic N) is 4. The number of morpholine rings is 1. The van der Waals surface area contributed by atoms with Crippen molar-refractivity contribution >= 4 is 17.7 Å². The molecular weight excluding hydrogens is 336 g/mol. The van der Waals surface area contributed by atoms with Gasteiger partial charge in [0.05, 0.1) is 24.7 Å². The predicted octanol–water partition coefficient (Wildman–Crippen LogP) is 1.29. The van der Waals surface area contributed by atoms with Crippen molar-refractivity contribution in [2.45, 2.75) is 38.2 Å². The molecule has 0 radical (unpaired) electrons. The van der Waals surface area contributed by atoms with E-state index >= 15 is 0 Å². The smallest absolute Gasteiger partial charge is 0.313 e. The third-order valence-electron chi connectivity index (χ3n) is 5.27. The number of aliphatic carboxylic acids is 1. The molecule has 2 aliphatic heterocycles. The van der Waals surface area contributed by atoms with Crippen molar-refractivity contribution in [2.24, 2.45) is 0 Å². The van der Waals surface area contributed by atoms with Gasteiger partial charge in [-0.15, -0.1) is 0 Å². The van der Waals surface area contributed by atoms with Crippen molar-refractivity contribution in [3.05, 3.63) is 11.8 Å². The molecule has 0 bridgehead atoms. The molecule has 1 unspecified atom stereocenters. The zero-order valence-electron chi connectivity index (χ0n) is 15.8. The number of methoxy groups -OCH3 is 1. The standard InChI is InChI=1S/C18H28N4O4/c1-18(2,16(23)24)14-11-19-17(22-6-4-5-13(12-22)25-3)20-15(14)21-7-9-26-10-8-21/h11,13H,4-10,12H2,1-3H3,(H,23,24). The fourth-order valence-electron chi connectivity index (χ4n) is 3.40. The molecule has 8 nitrogen and oxygen atoms in total. The summed E-state index contributed by atoms with van der Waals surface area (Å²) in [6, 6.07) is 0. The summed E-state index contributed by atoms with van der Waals surface area (Å²) in [5.41, 5.74) is -0.431. The fraction of sp³-hybridized carbons (Fsp3) is 0.722. The first-order chi connectivity index (χ1) is 12.4. The molecule has 0 aliphatic carbocycles. The number of carboxylic acids is 1. The first-order valence-corrected chi connectivity index (χ1v) is 9.15. The summed E-state index contributed by atoms with van der Waals surface area (Å²) in [5.74, 6) is 0.448. The highest BCUT2D eigenvalue weighted by Gasteiger charge is 2.35. The molecule has 2 fully saturated rings. The van der Waals surface area contributed by atoms with Gasteiger partial charge in [-0.1, -0.05) is 0 Å². The lowest BCUT2D eigenvalue weighted by molar-refractivity contribution is -0.142. The number of aromatic nitrogens is 2. The fourth-order valence-corrected chi connectivity index (χ4v) is 3.40. The van der Waals surface area contributed by atoms with Crippen LogP contribution in [0.4, 0.5) is 11.8 Å². The molecule has 0 aromatic carbocycles. The molecule has 3 heterocycles. The number of hydrogen-bond acceptors (Lipinski definition) is 7. The van der Waals surface area contributed by atoms with Crippen LogP contribution in [-0.2, 0) is 19.7 Å². The van der Waals surface area contributed by atoms with Crippen LogP contribution in [0.1, 0.15) is 32.3 Å². The maximum atomic E-state index is 11.8. The van der Waals surface area contributed by atoms with Gasteiger partial charge in [-0.2, -0.15) is 4.98 Å². The van der Waals surface area contributed by atoms with Gasteiger partial charge in [0, 0.05) is 45.0 Å². The van der Waals surface area contributed by atoms with Crippen LogP contribution in [0.3, 0.4) is 0 Å². The number of hydrogen-bond donors (Lipinski definition) is 1. The summed E-state index contributed by atoms with van der Waals surface area (Å²) >= 11 is 0. The minimum atomic E-state index is -1.07. The van der Waals surface area contributed by atoms with E-state index in [0.29, 0.717) is 43.6 Å². The second-order valence-corrected chi connectivity index (χ2v) is 7.38. The Morgan fingerprint density at radius 1 is 1.31 bits per heavy atom. The SMILES string of the molecule is COC1CCCN(c2ncc(C(C)(C)C(=O)O)c(N3CCOCC3)n2)C1. The van der Waals surface area contributed by atoms with E-state index in [2.05, 4.69) is 14.8 Å². The number of anilines is 2. The van der Waals surface area contributed by atoms with Gasteiger partial charge in [0.2, 0.25) is 5.95 Å². The second kappa shape index (κ2) is 7.75.